The fourth-order valence-corrected chi connectivity index (χ4v) is 1.84. The van der Waals surface area contributed by atoms with Crippen molar-refractivity contribution in [3.05, 3.63) is 45.5 Å². The number of hydrogen-bond acceptors (Lipinski definition) is 2. The molecule has 86 valence electrons. The van der Waals surface area contributed by atoms with Crippen LogP contribution in [0.3, 0.4) is 0 Å². The van der Waals surface area contributed by atoms with Crippen LogP contribution in [0.25, 0.3) is 15.9 Å². The molecule has 0 aliphatic carbocycles. The van der Waals surface area contributed by atoms with E-state index in [-0.39, 0.29) is 11.5 Å². The summed E-state index contributed by atoms with van der Waals surface area (Å²) in [6, 6.07) is 5.02. The Labute approximate surface area is 99.4 Å². The van der Waals surface area contributed by atoms with Gasteiger partial charge in [-0.3, -0.25) is 4.79 Å². The highest BCUT2D eigenvalue weighted by Gasteiger charge is 2.14. The van der Waals surface area contributed by atoms with Gasteiger partial charge in [-0.1, -0.05) is 20.4 Å². The van der Waals surface area contributed by atoms with E-state index in [0.29, 0.717) is 5.82 Å². The second-order valence-corrected chi connectivity index (χ2v) is 4.30. The molecule has 0 atom stereocenters. The van der Waals surface area contributed by atoms with Gasteiger partial charge in [0.25, 0.3) is 11.4 Å². The topological polar surface area (TPSA) is 39.2 Å². The number of fused-ring (bicyclic) bond motifs is 1. The standard InChI is InChI=1S/C13H13N3O/c1-8(2)9-7-12(17)16(4)10-5-6-11(14-3)15-13(9)10/h5-8H,1-2,4H3. The monoisotopic (exact) mass is 227 g/mol. The van der Waals surface area contributed by atoms with Crippen molar-refractivity contribution in [3.63, 3.8) is 0 Å². The van der Waals surface area contributed by atoms with Gasteiger partial charge >= 0.3 is 0 Å². The van der Waals surface area contributed by atoms with Crippen LogP contribution < -0.4 is 5.56 Å². The number of hydrogen-bond donors (Lipinski definition) is 0. The molecule has 2 aromatic heterocycles. The second-order valence-electron chi connectivity index (χ2n) is 4.30. The molecule has 2 heterocycles. The molecule has 0 saturated carbocycles. The zero-order valence-electron chi connectivity index (χ0n) is 10.1. The van der Waals surface area contributed by atoms with Crippen LogP contribution >= 0.6 is 0 Å². The van der Waals surface area contributed by atoms with Crippen LogP contribution in [-0.4, -0.2) is 9.55 Å². The first-order chi connectivity index (χ1) is 8.04. The van der Waals surface area contributed by atoms with E-state index in [4.69, 9.17) is 6.57 Å². The van der Waals surface area contributed by atoms with Crippen molar-refractivity contribution >= 4 is 16.9 Å². The lowest BCUT2D eigenvalue weighted by Crippen LogP contribution is -2.18. The average Bonchev–Trinajstić information content (AvgIpc) is 2.32. The minimum absolute atomic E-state index is 0.0430. The van der Waals surface area contributed by atoms with Gasteiger partial charge in [-0.2, -0.15) is 0 Å². The van der Waals surface area contributed by atoms with Gasteiger partial charge in [0.15, 0.2) is 5.52 Å². The van der Waals surface area contributed by atoms with Gasteiger partial charge in [-0.15, -0.1) is 4.98 Å². The third-order valence-corrected chi connectivity index (χ3v) is 2.84. The summed E-state index contributed by atoms with van der Waals surface area (Å²) in [5.41, 5.74) is 2.37. The molecule has 0 aromatic carbocycles. The fourth-order valence-electron chi connectivity index (χ4n) is 1.84. The van der Waals surface area contributed by atoms with Gasteiger partial charge in [-0.05, 0) is 18.1 Å². The highest BCUT2D eigenvalue weighted by molar-refractivity contribution is 5.80. The Morgan fingerprint density at radius 2 is 2.12 bits per heavy atom. The molecule has 0 aliphatic rings. The number of rotatable bonds is 1. The van der Waals surface area contributed by atoms with Crippen molar-refractivity contribution in [2.24, 2.45) is 7.05 Å². The molecule has 0 aliphatic heterocycles. The maximum Gasteiger partial charge on any atom is 0.270 e. The van der Waals surface area contributed by atoms with E-state index in [2.05, 4.69) is 9.83 Å². The molecule has 4 nitrogen and oxygen atoms in total. The fraction of sp³-hybridized carbons (Fsp3) is 0.308. The summed E-state index contributed by atoms with van der Waals surface area (Å²) >= 11 is 0. The Morgan fingerprint density at radius 3 is 2.71 bits per heavy atom. The van der Waals surface area contributed by atoms with Crippen molar-refractivity contribution in [1.29, 1.82) is 0 Å². The first-order valence-electron chi connectivity index (χ1n) is 5.42. The van der Waals surface area contributed by atoms with Crippen molar-refractivity contribution < 1.29 is 0 Å². The highest BCUT2D eigenvalue weighted by atomic mass is 16.1. The second kappa shape index (κ2) is 4.02. The molecule has 0 N–H and O–H groups in total. The summed E-state index contributed by atoms with van der Waals surface area (Å²) < 4.78 is 1.56. The predicted molar refractivity (Wildman–Crippen MR) is 67.3 cm³/mol. The van der Waals surface area contributed by atoms with Crippen LogP contribution in [0, 0.1) is 6.57 Å². The average molecular weight is 227 g/mol. The summed E-state index contributed by atoms with van der Waals surface area (Å²) in [7, 11) is 1.72. The molecular weight excluding hydrogens is 214 g/mol. The Bertz CT molecular complexity index is 677. The van der Waals surface area contributed by atoms with E-state index < -0.39 is 0 Å². The van der Waals surface area contributed by atoms with Crippen LogP contribution in [0.2, 0.25) is 0 Å². The van der Waals surface area contributed by atoms with E-state index in [1.165, 1.54) is 0 Å². The minimum Gasteiger partial charge on any atom is -0.361 e. The van der Waals surface area contributed by atoms with Gasteiger partial charge in [0.05, 0.1) is 5.52 Å². The molecule has 17 heavy (non-hydrogen) atoms. The summed E-state index contributed by atoms with van der Waals surface area (Å²) in [5, 5.41) is 0. The van der Waals surface area contributed by atoms with E-state index in [1.807, 2.05) is 13.8 Å². The van der Waals surface area contributed by atoms with Crippen molar-refractivity contribution in [2.75, 3.05) is 0 Å². The molecule has 0 amide bonds. The molecule has 4 heteroatoms. The van der Waals surface area contributed by atoms with E-state index >= 15 is 0 Å². The number of pyridine rings is 2. The lowest BCUT2D eigenvalue weighted by Gasteiger charge is -2.09. The predicted octanol–water partition coefficient (Wildman–Crippen LogP) is 2.61. The van der Waals surface area contributed by atoms with Crippen LogP contribution in [0.4, 0.5) is 5.82 Å². The van der Waals surface area contributed by atoms with E-state index in [9.17, 15) is 4.79 Å². The minimum atomic E-state index is -0.0430. The number of aromatic nitrogens is 2. The Kier molecular flexibility index (Phi) is 2.68. The first-order valence-corrected chi connectivity index (χ1v) is 5.42. The van der Waals surface area contributed by atoms with Crippen LogP contribution in [0.5, 0.6) is 0 Å². The first kappa shape index (κ1) is 11.3. The molecule has 0 radical (unpaired) electrons. The molecule has 0 fully saturated rings. The Balaban J connectivity index is 2.95. The SMILES string of the molecule is [C-]#[N+]c1ccc2c(n1)c(C(C)C)cc(=O)n2C. The Morgan fingerprint density at radius 1 is 1.41 bits per heavy atom. The molecular formula is C13H13N3O. The number of nitrogens with zero attached hydrogens (tertiary/aromatic N) is 3. The van der Waals surface area contributed by atoms with Gasteiger partial charge in [0, 0.05) is 18.7 Å². The molecule has 0 saturated heterocycles. The quantitative estimate of drug-likeness (QED) is 0.702. The van der Waals surface area contributed by atoms with Crippen LogP contribution in [0.1, 0.15) is 25.3 Å². The molecule has 0 bridgehead atoms. The lowest BCUT2D eigenvalue weighted by molar-refractivity contribution is 0.841. The zero-order valence-corrected chi connectivity index (χ0v) is 10.1. The Hall–Kier alpha value is -2.15. The summed E-state index contributed by atoms with van der Waals surface area (Å²) in [5.74, 6) is 0.568. The normalized spacial score (nSPS) is 10.8. The largest absolute Gasteiger partial charge is 0.361 e. The van der Waals surface area contributed by atoms with Crippen molar-refractivity contribution in [2.45, 2.75) is 19.8 Å². The molecule has 2 aromatic rings. The summed E-state index contributed by atoms with van der Waals surface area (Å²) in [6.07, 6.45) is 0. The zero-order chi connectivity index (χ0) is 12.6. The van der Waals surface area contributed by atoms with Gasteiger partial charge in [-0.25, -0.2) is 0 Å². The summed E-state index contributed by atoms with van der Waals surface area (Å²) in [6.45, 7) is 11.0. The number of aryl methyl sites for hydroxylation is 1. The van der Waals surface area contributed by atoms with Crippen molar-refractivity contribution in [1.82, 2.24) is 9.55 Å². The van der Waals surface area contributed by atoms with Crippen LogP contribution in [-0.2, 0) is 7.05 Å². The highest BCUT2D eigenvalue weighted by Crippen LogP contribution is 2.24. The van der Waals surface area contributed by atoms with Gasteiger partial charge in [0.2, 0.25) is 0 Å². The third-order valence-electron chi connectivity index (χ3n) is 2.84. The van der Waals surface area contributed by atoms with E-state index in [1.54, 1.807) is 29.8 Å². The van der Waals surface area contributed by atoms with E-state index in [0.717, 1.165) is 16.6 Å². The van der Waals surface area contributed by atoms with Crippen molar-refractivity contribution in [3.8, 4) is 0 Å². The molecule has 0 unspecified atom stereocenters. The third kappa shape index (κ3) is 1.80. The molecule has 0 spiro atoms. The maximum atomic E-state index is 11.8. The van der Waals surface area contributed by atoms with Gasteiger partial charge < -0.3 is 9.41 Å². The maximum absolute atomic E-state index is 11.8. The lowest BCUT2D eigenvalue weighted by atomic mass is 10.0. The molecule has 2 rings (SSSR count). The van der Waals surface area contributed by atoms with Crippen LogP contribution in [0.15, 0.2) is 23.0 Å². The smallest absolute Gasteiger partial charge is 0.270 e. The summed E-state index contributed by atoms with van der Waals surface area (Å²) in [4.78, 5) is 19.4. The van der Waals surface area contributed by atoms with Gasteiger partial charge in [0.1, 0.15) is 0 Å².